The van der Waals surface area contributed by atoms with Crippen molar-refractivity contribution < 1.29 is 0 Å². The van der Waals surface area contributed by atoms with Gasteiger partial charge in [0.25, 0.3) is 0 Å². The standard InChI is InChI=1S/C20H21ClN4/c1-2-25(18-6-4-3-5-7-18)20-23-15-13-19(24-20)22-14-12-16-8-10-17(21)11-9-16/h3-11,13,15H,2,12,14H2,1H3,(H,22,23,24). The second-order valence-corrected chi connectivity index (χ2v) is 6.06. The van der Waals surface area contributed by atoms with E-state index in [0.717, 1.165) is 36.0 Å². The summed E-state index contributed by atoms with van der Waals surface area (Å²) in [5.41, 5.74) is 2.33. The molecule has 0 aliphatic carbocycles. The molecule has 0 spiro atoms. The van der Waals surface area contributed by atoms with Crippen LogP contribution in [0.3, 0.4) is 0 Å². The lowest BCUT2D eigenvalue weighted by atomic mass is 10.1. The minimum Gasteiger partial charge on any atom is -0.370 e. The molecule has 0 amide bonds. The van der Waals surface area contributed by atoms with E-state index in [9.17, 15) is 0 Å². The van der Waals surface area contributed by atoms with Gasteiger partial charge in [-0.3, -0.25) is 0 Å². The van der Waals surface area contributed by atoms with Crippen molar-refractivity contribution in [1.82, 2.24) is 9.97 Å². The third kappa shape index (κ3) is 4.70. The van der Waals surface area contributed by atoms with Gasteiger partial charge in [0.1, 0.15) is 5.82 Å². The largest absolute Gasteiger partial charge is 0.370 e. The van der Waals surface area contributed by atoms with Gasteiger partial charge in [0, 0.05) is 30.0 Å². The van der Waals surface area contributed by atoms with Crippen LogP contribution in [0.1, 0.15) is 12.5 Å². The first-order chi connectivity index (χ1) is 12.3. The number of rotatable bonds is 7. The maximum absolute atomic E-state index is 5.92. The van der Waals surface area contributed by atoms with Crippen LogP contribution in [0.4, 0.5) is 17.5 Å². The van der Waals surface area contributed by atoms with Crippen molar-refractivity contribution in [3.8, 4) is 0 Å². The molecule has 0 radical (unpaired) electrons. The van der Waals surface area contributed by atoms with Gasteiger partial charge in [-0.15, -0.1) is 0 Å². The van der Waals surface area contributed by atoms with Gasteiger partial charge in [-0.2, -0.15) is 4.98 Å². The number of anilines is 3. The number of hydrogen-bond donors (Lipinski definition) is 1. The van der Waals surface area contributed by atoms with E-state index in [-0.39, 0.29) is 0 Å². The van der Waals surface area contributed by atoms with Gasteiger partial charge in [-0.25, -0.2) is 4.98 Å². The molecule has 0 atom stereocenters. The fourth-order valence-electron chi connectivity index (χ4n) is 2.61. The third-order valence-corrected chi connectivity index (χ3v) is 4.15. The molecular weight excluding hydrogens is 332 g/mol. The second kappa shape index (κ2) is 8.49. The molecule has 4 nitrogen and oxygen atoms in total. The molecule has 2 aromatic carbocycles. The summed E-state index contributed by atoms with van der Waals surface area (Å²) in [6.45, 7) is 3.70. The molecule has 1 heterocycles. The van der Waals surface area contributed by atoms with Gasteiger partial charge in [-0.05, 0) is 49.2 Å². The average Bonchev–Trinajstić information content (AvgIpc) is 2.65. The third-order valence-electron chi connectivity index (χ3n) is 3.90. The molecule has 0 aliphatic heterocycles. The van der Waals surface area contributed by atoms with Crippen molar-refractivity contribution >= 4 is 29.1 Å². The van der Waals surface area contributed by atoms with Crippen molar-refractivity contribution in [2.75, 3.05) is 23.3 Å². The molecule has 128 valence electrons. The zero-order chi connectivity index (χ0) is 17.5. The van der Waals surface area contributed by atoms with E-state index >= 15 is 0 Å². The summed E-state index contributed by atoms with van der Waals surface area (Å²) in [6, 6.07) is 20.0. The summed E-state index contributed by atoms with van der Waals surface area (Å²) < 4.78 is 0. The highest BCUT2D eigenvalue weighted by Gasteiger charge is 2.10. The van der Waals surface area contributed by atoms with Crippen molar-refractivity contribution in [1.29, 1.82) is 0 Å². The van der Waals surface area contributed by atoms with Crippen LogP contribution in [-0.2, 0) is 6.42 Å². The van der Waals surface area contributed by atoms with E-state index in [1.807, 2.05) is 48.5 Å². The molecule has 0 bridgehead atoms. The lowest BCUT2D eigenvalue weighted by molar-refractivity contribution is 0.937. The minimum atomic E-state index is 0.699. The van der Waals surface area contributed by atoms with Crippen LogP contribution >= 0.6 is 11.6 Å². The summed E-state index contributed by atoms with van der Waals surface area (Å²) in [6.07, 6.45) is 2.70. The Kier molecular flexibility index (Phi) is 5.86. The summed E-state index contributed by atoms with van der Waals surface area (Å²) in [7, 11) is 0. The Morgan fingerprint density at radius 2 is 1.76 bits per heavy atom. The zero-order valence-corrected chi connectivity index (χ0v) is 14.9. The number of nitrogens with zero attached hydrogens (tertiary/aromatic N) is 3. The smallest absolute Gasteiger partial charge is 0.231 e. The van der Waals surface area contributed by atoms with Crippen LogP contribution in [0.5, 0.6) is 0 Å². The Labute approximate surface area is 153 Å². The summed E-state index contributed by atoms with van der Waals surface area (Å²) in [4.78, 5) is 11.2. The van der Waals surface area contributed by atoms with Crippen LogP contribution < -0.4 is 10.2 Å². The van der Waals surface area contributed by atoms with Gasteiger partial charge in [0.15, 0.2) is 0 Å². The fraction of sp³-hybridized carbons (Fsp3) is 0.200. The van der Waals surface area contributed by atoms with Gasteiger partial charge < -0.3 is 10.2 Å². The molecule has 3 aromatic rings. The van der Waals surface area contributed by atoms with E-state index < -0.39 is 0 Å². The fourth-order valence-corrected chi connectivity index (χ4v) is 2.74. The molecule has 25 heavy (non-hydrogen) atoms. The zero-order valence-electron chi connectivity index (χ0n) is 14.2. The van der Waals surface area contributed by atoms with E-state index in [1.165, 1.54) is 5.56 Å². The molecule has 0 unspecified atom stereocenters. The lowest BCUT2D eigenvalue weighted by Gasteiger charge is -2.21. The maximum atomic E-state index is 5.92. The molecule has 0 saturated heterocycles. The molecule has 5 heteroatoms. The first-order valence-electron chi connectivity index (χ1n) is 8.40. The summed E-state index contributed by atoms with van der Waals surface area (Å²) >= 11 is 5.92. The van der Waals surface area contributed by atoms with Crippen LogP contribution in [0.15, 0.2) is 66.9 Å². The van der Waals surface area contributed by atoms with Crippen molar-refractivity contribution in [3.05, 3.63) is 77.4 Å². The Morgan fingerprint density at radius 3 is 2.48 bits per heavy atom. The van der Waals surface area contributed by atoms with Crippen molar-refractivity contribution in [3.63, 3.8) is 0 Å². The number of halogens is 1. The van der Waals surface area contributed by atoms with Gasteiger partial charge >= 0.3 is 0 Å². The highest BCUT2D eigenvalue weighted by atomic mass is 35.5. The predicted molar refractivity (Wildman–Crippen MR) is 105 cm³/mol. The van der Waals surface area contributed by atoms with E-state index in [1.54, 1.807) is 6.20 Å². The summed E-state index contributed by atoms with van der Waals surface area (Å²) in [5, 5.41) is 4.13. The molecule has 3 rings (SSSR count). The molecule has 1 N–H and O–H groups in total. The molecular formula is C20H21ClN4. The Balaban J connectivity index is 1.65. The van der Waals surface area contributed by atoms with Gasteiger partial charge in [0.2, 0.25) is 5.95 Å². The molecule has 1 aromatic heterocycles. The highest BCUT2D eigenvalue weighted by molar-refractivity contribution is 6.30. The lowest BCUT2D eigenvalue weighted by Crippen LogP contribution is -2.19. The van der Waals surface area contributed by atoms with E-state index in [0.29, 0.717) is 5.95 Å². The quantitative estimate of drug-likeness (QED) is 0.653. The summed E-state index contributed by atoms with van der Waals surface area (Å²) in [5.74, 6) is 1.53. The van der Waals surface area contributed by atoms with Gasteiger partial charge in [-0.1, -0.05) is 41.9 Å². The number of para-hydroxylation sites is 1. The van der Waals surface area contributed by atoms with Crippen LogP contribution in [-0.4, -0.2) is 23.1 Å². The van der Waals surface area contributed by atoms with E-state index in [4.69, 9.17) is 11.6 Å². The monoisotopic (exact) mass is 352 g/mol. The average molecular weight is 353 g/mol. The van der Waals surface area contributed by atoms with Crippen molar-refractivity contribution in [2.24, 2.45) is 0 Å². The first-order valence-corrected chi connectivity index (χ1v) is 8.78. The Bertz CT molecular complexity index is 790. The second-order valence-electron chi connectivity index (χ2n) is 5.62. The van der Waals surface area contributed by atoms with E-state index in [2.05, 4.69) is 39.2 Å². The highest BCUT2D eigenvalue weighted by Crippen LogP contribution is 2.22. The molecule has 0 aliphatic rings. The molecule has 0 saturated carbocycles. The van der Waals surface area contributed by atoms with Crippen LogP contribution in [0.25, 0.3) is 0 Å². The first kappa shape index (κ1) is 17.2. The number of hydrogen-bond acceptors (Lipinski definition) is 4. The number of benzene rings is 2. The topological polar surface area (TPSA) is 41.1 Å². The van der Waals surface area contributed by atoms with Crippen molar-refractivity contribution in [2.45, 2.75) is 13.3 Å². The minimum absolute atomic E-state index is 0.699. The number of nitrogens with one attached hydrogen (secondary N) is 1. The normalized spacial score (nSPS) is 10.5. The number of aromatic nitrogens is 2. The van der Waals surface area contributed by atoms with Crippen LogP contribution in [0.2, 0.25) is 5.02 Å². The Morgan fingerprint density at radius 1 is 1.00 bits per heavy atom. The van der Waals surface area contributed by atoms with Crippen LogP contribution in [0, 0.1) is 0 Å². The maximum Gasteiger partial charge on any atom is 0.231 e. The Hall–Kier alpha value is -2.59. The molecule has 0 fully saturated rings. The van der Waals surface area contributed by atoms with Gasteiger partial charge in [0.05, 0.1) is 0 Å². The predicted octanol–water partition coefficient (Wildman–Crippen LogP) is 4.94. The SMILES string of the molecule is CCN(c1ccccc1)c1nccc(NCCc2ccc(Cl)cc2)n1.